The molecule has 3 aliphatic rings. The quantitative estimate of drug-likeness (QED) is 0.566. The van der Waals surface area contributed by atoms with Gasteiger partial charge in [0.2, 0.25) is 0 Å². The molecule has 1 N–H and O–H groups in total. The summed E-state index contributed by atoms with van der Waals surface area (Å²) in [7, 11) is 5.03. The molecule has 4 nitrogen and oxygen atoms in total. The van der Waals surface area contributed by atoms with Crippen LogP contribution in [0.4, 0.5) is 0 Å². The van der Waals surface area contributed by atoms with Gasteiger partial charge in [-0.05, 0) is 55.4 Å². The molecule has 0 spiro atoms. The van der Waals surface area contributed by atoms with Crippen molar-refractivity contribution in [1.29, 1.82) is 0 Å². The van der Waals surface area contributed by atoms with E-state index in [1.165, 1.54) is 12.8 Å². The summed E-state index contributed by atoms with van der Waals surface area (Å²) in [5.41, 5.74) is 4.25. The van der Waals surface area contributed by atoms with Crippen molar-refractivity contribution >= 4 is 0 Å². The molecule has 0 radical (unpaired) electrons. The Morgan fingerprint density at radius 3 is 2.30 bits per heavy atom. The molecule has 0 saturated heterocycles. The number of allylic oxidation sites excluding steroid dienone is 2. The Bertz CT molecular complexity index is 618. The molecule has 154 valence electrons. The summed E-state index contributed by atoms with van der Waals surface area (Å²) >= 11 is 0. The maximum Gasteiger partial charge on any atom is 0.181 e. The predicted octanol–water partition coefficient (Wildman–Crippen LogP) is 4.48. The van der Waals surface area contributed by atoms with Crippen LogP contribution in [0.15, 0.2) is 22.8 Å². The number of rotatable bonds is 5. The molecule has 1 saturated carbocycles. The lowest BCUT2D eigenvalue weighted by Gasteiger charge is -2.51. The van der Waals surface area contributed by atoms with Gasteiger partial charge in [0.05, 0.1) is 12.2 Å². The average Bonchev–Trinajstić information content (AvgIpc) is 2.94. The van der Waals surface area contributed by atoms with Crippen LogP contribution >= 0.6 is 0 Å². The molecule has 27 heavy (non-hydrogen) atoms. The van der Waals surface area contributed by atoms with Gasteiger partial charge in [-0.1, -0.05) is 38.8 Å². The van der Waals surface area contributed by atoms with Gasteiger partial charge in [0.25, 0.3) is 0 Å². The highest BCUT2D eigenvalue weighted by atomic mass is 16.7. The fourth-order valence-electron chi connectivity index (χ4n) is 6.02. The second kappa shape index (κ2) is 7.62. The van der Waals surface area contributed by atoms with Gasteiger partial charge in [0, 0.05) is 32.3 Å². The molecule has 5 unspecified atom stereocenters. The molecule has 3 aliphatic carbocycles. The van der Waals surface area contributed by atoms with Crippen molar-refractivity contribution < 1.29 is 19.3 Å². The van der Waals surface area contributed by atoms with Crippen molar-refractivity contribution in [2.45, 2.75) is 78.3 Å². The van der Waals surface area contributed by atoms with E-state index in [-0.39, 0.29) is 16.9 Å². The second-order valence-corrected chi connectivity index (χ2v) is 9.59. The van der Waals surface area contributed by atoms with Gasteiger partial charge in [-0.2, -0.15) is 0 Å². The molecule has 0 aromatic carbocycles. The van der Waals surface area contributed by atoms with Crippen LogP contribution in [0.25, 0.3) is 0 Å². The Kier molecular flexibility index (Phi) is 5.94. The van der Waals surface area contributed by atoms with E-state index in [1.54, 1.807) is 32.5 Å². The molecule has 0 heterocycles. The number of aliphatic hydroxyl groups excluding tert-OH is 1. The van der Waals surface area contributed by atoms with Crippen LogP contribution < -0.4 is 0 Å². The maximum absolute atomic E-state index is 11.3. The Hall–Kier alpha value is -0.680. The summed E-state index contributed by atoms with van der Waals surface area (Å²) in [6.07, 6.45) is 6.34. The van der Waals surface area contributed by atoms with E-state index in [9.17, 15) is 5.11 Å². The van der Waals surface area contributed by atoms with Crippen molar-refractivity contribution in [1.82, 2.24) is 0 Å². The van der Waals surface area contributed by atoms with E-state index in [1.807, 2.05) is 6.08 Å². The fraction of sp³-hybridized carbons (Fsp3) is 0.826. The van der Waals surface area contributed by atoms with Gasteiger partial charge >= 0.3 is 0 Å². The first-order valence-electron chi connectivity index (χ1n) is 10.4. The lowest BCUT2D eigenvalue weighted by atomic mass is 9.54. The van der Waals surface area contributed by atoms with E-state index in [2.05, 4.69) is 27.7 Å². The number of ether oxygens (including phenoxy) is 3. The Balaban J connectivity index is 2.10. The molecule has 1 fully saturated rings. The van der Waals surface area contributed by atoms with Gasteiger partial charge < -0.3 is 19.3 Å². The third-order valence-corrected chi connectivity index (χ3v) is 7.83. The minimum Gasteiger partial charge on any atom is -0.388 e. The smallest absolute Gasteiger partial charge is 0.181 e. The molecular weight excluding hydrogens is 340 g/mol. The monoisotopic (exact) mass is 378 g/mol. The molecule has 4 heteroatoms. The maximum atomic E-state index is 11.3. The van der Waals surface area contributed by atoms with Gasteiger partial charge in [-0.25, -0.2) is 0 Å². The molecule has 0 aliphatic heterocycles. The molecule has 5 atom stereocenters. The minimum absolute atomic E-state index is 0.111. The zero-order chi connectivity index (χ0) is 20.0. The van der Waals surface area contributed by atoms with E-state index in [4.69, 9.17) is 14.2 Å². The largest absolute Gasteiger partial charge is 0.388 e. The minimum atomic E-state index is -0.531. The summed E-state index contributed by atoms with van der Waals surface area (Å²) in [6, 6.07) is 0. The number of fused-ring (bicyclic) bond motifs is 3. The standard InChI is InChI=1S/C23H38O4/c1-14(2)15-8-9-22(3)10-11-23(4)17(20(15)22)13-18(25-5)16(12-19(23)24)21(26-6)27-7/h12,14,17-19,21,24H,8-11,13H2,1-7H3. The molecule has 0 amide bonds. The first-order chi connectivity index (χ1) is 12.7. The van der Waals surface area contributed by atoms with Crippen molar-refractivity contribution in [3.63, 3.8) is 0 Å². The zero-order valence-corrected chi connectivity index (χ0v) is 18.2. The highest BCUT2D eigenvalue weighted by Gasteiger charge is 2.55. The zero-order valence-electron chi connectivity index (χ0n) is 18.2. The Morgan fingerprint density at radius 1 is 1.07 bits per heavy atom. The third-order valence-electron chi connectivity index (χ3n) is 7.83. The molecule has 3 rings (SSSR count). The van der Waals surface area contributed by atoms with E-state index < -0.39 is 12.4 Å². The van der Waals surface area contributed by atoms with Crippen LogP contribution in [0.2, 0.25) is 0 Å². The van der Waals surface area contributed by atoms with Crippen molar-refractivity contribution in [3.05, 3.63) is 22.8 Å². The lowest BCUT2D eigenvalue weighted by molar-refractivity contribution is -0.0894. The number of hydrogen-bond donors (Lipinski definition) is 1. The van der Waals surface area contributed by atoms with Crippen LogP contribution in [0, 0.1) is 22.7 Å². The first kappa shape index (κ1) is 21.0. The number of methoxy groups -OCH3 is 3. The highest BCUT2D eigenvalue weighted by Crippen LogP contribution is 2.63. The van der Waals surface area contributed by atoms with Gasteiger partial charge in [-0.15, -0.1) is 0 Å². The molecule has 0 aromatic rings. The number of aliphatic hydroxyl groups is 1. The lowest BCUT2D eigenvalue weighted by Crippen LogP contribution is -2.46. The normalized spacial score (nSPS) is 39.5. The van der Waals surface area contributed by atoms with Gasteiger partial charge in [-0.3, -0.25) is 0 Å². The predicted molar refractivity (Wildman–Crippen MR) is 107 cm³/mol. The summed E-state index contributed by atoms with van der Waals surface area (Å²) in [5.74, 6) is 0.878. The summed E-state index contributed by atoms with van der Waals surface area (Å²) in [4.78, 5) is 0. The van der Waals surface area contributed by atoms with E-state index in [0.717, 1.165) is 24.8 Å². The third kappa shape index (κ3) is 3.33. The molecule has 0 aromatic heterocycles. The SMILES string of the molecule is COC1CC2C3=C(C(C)C)CCC3(C)CCC2(C)C(O)C=C1C(OC)OC. The highest BCUT2D eigenvalue weighted by molar-refractivity contribution is 5.37. The fourth-order valence-corrected chi connectivity index (χ4v) is 6.02. The topological polar surface area (TPSA) is 47.9 Å². The summed E-state index contributed by atoms with van der Waals surface area (Å²) < 4.78 is 17.0. The number of hydrogen-bond acceptors (Lipinski definition) is 4. The second-order valence-electron chi connectivity index (χ2n) is 9.59. The van der Waals surface area contributed by atoms with Gasteiger partial charge in [0.1, 0.15) is 0 Å². The molecule has 0 bridgehead atoms. The van der Waals surface area contributed by atoms with Crippen LogP contribution in [-0.2, 0) is 14.2 Å². The Labute approximate surface area is 165 Å². The van der Waals surface area contributed by atoms with E-state index in [0.29, 0.717) is 11.8 Å². The van der Waals surface area contributed by atoms with E-state index >= 15 is 0 Å². The first-order valence-corrected chi connectivity index (χ1v) is 10.4. The van der Waals surface area contributed by atoms with Crippen molar-refractivity contribution in [2.75, 3.05) is 21.3 Å². The van der Waals surface area contributed by atoms with Gasteiger partial charge in [0.15, 0.2) is 6.29 Å². The van der Waals surface area contributed by atoms with Crippen LogP contribution in [0.5, 0.6) is 0 Å². The van der Waals surface area contributed by atoms with Crippen molar-refractivity contribution in [2.24, 2.45) is 22.7 Å². The van der Waals surface area contributed by atoms with Crippen LogP contribution in [0.3, 0.4) is 0 Å². The molecular formula is C23H38O4. The summed E-state index contributed by atoms with van der Waals surface area (Å²) in [6.45, 7) is 9.34. The van der Waals surface area contributed by atoms with Crippen LogP contribution in [0.1, 0.15) is 59.8 Å². The Morgan fingerprint density at radius 2 is 1.74 bits per heavy atom. The van der Waals surface area contributed by atoms with Crippen LogP contribution in [-0.4, -0.2) is 44.9 Å². The average molecular weight is 379 g/mol. The van der Waals surface area contributed by atoms with Crippen molar-refractivity contribution in [3.8, 4) is 0 Å². The summed E-state index contributed by atoms with van der Waals surface area (Å²) in [5, 5.41) is 11.3.